The molecule has 124 valence electrons. The van der Waals surface area contributed by atoms with Gasteiger partial charge in [0.15, 0.2) is 0 Å². The predicted molar refractivity (Wildman–Crippen MR) is 89.7 cm³/mol. The van der Waals surface area contributed by atoms with Crippen LogP contribution in [0.4, 0.5) is 5.69 Å². The van der Waals surface area contributed by atoms with Crippen LogP contribution in [0.25, 0.3) is 0 Å². The lowest BCUT2D eigenvalue weighted by atomic mass is 10.1. The molecule has 1 N–H and O–H groups in total. The largest absolute Gasteiger partial charge is 0.382 e. The number of nitrogens with zero attached hydrogens (tertiary/aromatic N) is 1. The first-order chi connectivity index (χ1) is 10.9. The zero-order valence-electron chi connectivity index (χ0n) is 14.2. The van der Waals surface area contributed by atoms with Gasteiger partial charge in [-0.1, -0.05) is 13.0 Å². The maximum atomic E-state index is 12.7. The molecule has 5 heteroatoms. The number of benzene rings is 1. The Morgan fingerprint density at radius 2 is 1.87 bits per heavy atom. The van der Waals surface area contributed by atoms with Crippen molar-refractivity contribution < 1.29 is 14.4 Å². The Balaban J connectivity index is 2.25. The van der Waals surface area contributed by atoms with Gasteiger partial charge in [0.25, 0.3) is 11.8 Å². The van der Waals surface area contributed by atoms with Crippen molar-refractivity contribution in [3.05, 3.63) is 29.3 Å². The molecular weight excluding hydrogens is 292 g/mol. The maximum Gasteiger partial charge on any atom is 0.263 e. The van der Waals surface area contributed by atoms with Crippen LogP contribution in [0.3, 0.4) is 0 Å². The topological polar surface area (TPSA) is 66.5 Å². The first-order valence-corrected chi connectivity index (χ1v) is 8.15. The van der Waals surface area contributed by atoms with Gasteiger partial charge in [0, 0.05) is 30.6 Å². The molecule has 0 radical (unpaired) electrons. The SMILES string of the molecule is CCC(=O)CCC(C)N1C(=O)c2cccc(NC(C)C)c2C1=O. The second-order valence-electron chi connectivity index (χ2n) is 6.29. The number of nitrogens with one attached hydrogen (secondary N) is 1. The summed E-state index contributed by atoms with van der Waals surface area (Å²) in [5.74, 6) is -0.394. The first-order valence-electron chi connectivity index (χ1n) is 8.15. The average molecular weight is 316 g/mol. The maximum absolute atomic E-state index is 12.7. The van der Waals surface area contributed by atoms with Gasteiger partial charge in [0.2, 0.25) is 0 Å². The van der Waals surface area contributed by atoms with Crippen molar-refractivity contribution in [2.75, 3.05) is 5.32 Å². The summed E-state index contributed by atoms with van der Waals surface area (Å²) in [5, 5.41) is 3.22. The van der Waals surface area contributed by atoms with Crippen LogP contribution in [-0.4, -0.2) is 34.6 Å². The van der Waals surface area contributed by atoms with Gasteiger partial charge >= 0.3 is 0 Å². The number of Topliss-reactive ketones (excluding diaryl/α,β-unsaturated/α-hetero) is 1. The molecule has 2 amide bonds. The number of hydrogen-bond donors (Lipinski definition) is 1. The van der Waals surface area contributed by atoms with Gasteiger partial charge in [0.1, 0.15) is 5.78 Å². The Morgan fingerprint density at radius 1 is 1.17 bits per heavy atom. The fourth-order valence-electron chi connectivity index (χ4n) is 2.81. The van der Waals surface area contributed by atoms with Gasteiger partial charge in [-0.15, -0.1) is 0 Å². The van der Waals surface area contributed by atoms with E-state index in [1.165, 1.54) is 4.90 Å². The highest BCUT2D eigenvalue weighted by atomic mass is 16.2. The number of imide groups is 1. The summed E-state index contributed by atoms with van der Waals surface area (Å²) in [6, 6.07) is 5.16. The summed E-state index contributed by atoms with van der Waals surface area (Å²) in [5.41, 5.74) is 1.57. The van der Waals surface area contributed by atoms with Gasteiger partial charge in [-0.05, 0) is 39.3 Å². The van der Waals surface area contributed by atoms with E-state index in [0.717, 1.165) is 0 Å². The number of amides is 2. The van der Waals surface area contributed by atoms with Gasteiger partial charge in [-0.2, -0.15) is 0 Å². The highest BCUT2D eigenvalue weighted by molar-refractivity contribution is 6.24. The Labute approximate surface area is 137 Å². The molecule has 1 aromatic rings. The highest BCUT2D eigenvalue weighted by Crippen LogP contribution is 2.31. The van der Waals surface area contributed by atoms with E-state index in [9.17, 15) is 14.4 Å². The number of carbonyl (C=O) groups excluding carboxylic acids is 3. The molecule has 0 saturated carbocycles. The van der Waals surface area contributed by atoms with Crippen LogP contribution < -0.4 is 5.32 Å². The third-order valence-corrected chi connectivity index (χ3v) is 4.07. The number of ketones is 1. The van der Waals surface area contributed by atoms with Crippen molar-refractivity contribution in [2.45, 2.75) is 59.0 Å². The second-order valence-corrected chi connectivity index (χ2v) is 6.29. The number of rotatable bonds is 7. The number of anilines is 1. The molecule has 1 aromatic carbocycles. The summed E-state index contributed by atoms with van der Waals surface area (Å²) in [6.07, 6.45) is 1.38. The quantitative estimate of drug-likeness (QED) is 0.784. The van der Waals surface area contributed by atoms with E-state index in [4.69, 9.17) is 0 Å². The van der Waals surface area contributed by atoms with Crippen molar-refractivity contribution in [1.82, 2.24) is 4.90 Å². The van der Waals surface area contributed by atoms with Crippen LogP contribution in [0.5, 0.6) is 0 Å². The zero-order valence-corrected chi connectivity index (χ0v) is 14.2. The summed E-state index contributed by atoms with van der Waals surface area (Å²) >= 11 is 0. The van der Waals surface area contributed by atoms with Gasteiger partial charge in [-0.3, -0.25) is 19.3 Å². The van der Waals surface area contributed by atoms with Crippen LogP contribution in [0.2, 0.25) is 0 Å². The zero-order chi connectivity index (χ0) is 17.1. The molecule has 0 spiro atoms. The highest BCUT2D eigenvalue weighted by Gasteiger charge is 2.40. The molecule has 1 aliphatic rings. The molecule has 1 heterocycles. The third-order valence-electron chi connectivity index (χ3n) is 4.07. The van der Waals surface area contributed by atoms with Crippen molar-refractivity contribution in [3.63, 3.8) is 0 Å². The molecule has 1 atom stereocenters. The van der Waals surface area contributed by atoms with E-state index >= 15 is 0 Å². The van der Waals surface area contributed by atoms with Crippen LogP contribution in [0.15, 0.2) is 18.2 Å². The summed E-state index contributed by atoms with van der Waals surface area (Å²) < 4.78 is 0. The van der Waals surface area contributed by atoms with E-state index in [1.807, 2.05) is 33.8 Å². The van der Waals surface area contributed by atoms with Crippen molar-refractivity contribution in [3.8, 4) is 0 Å². The lowest BCUT2D eigenvalue weighted by Gasteiger charge is -2.22. The minimum absolute atomic E-state index is 0.149. The Bertz CT molecular complexity index is 637. The Hall–Kier alpha value is -2.17. The van der Waals surface area contributed by atoms with E-state index in [-0.39, 0.29) is 29.7 Å². The molecule has 1 aliphatic heterocycles. The van der Waals surface area contributed by atoms with E-state index < -0.39 is 0 Å². The average Bonchev–Trinajstić information content (AvgIpc) is 2.76. The fraction of sp³-hybridized carbons (Fsp3) is 0.500. The van der Waals surface area contributed by atoms with Crippen LogP contribution in [-0.2, 0) is 4.79 Å². The fourth-order valence-corrected chi connectivity index (χ4v) is 2.81. The van der Waals surface area contributed by atoms with Crippen LogP contribution in [0, 0.1) is 0 Å². The van der Waals surface area contributed by atoms with Crippen molar-refractivity contribution in [1.29, 1.82) is 0 Å². The van der Waals surface area contributed by atoms with Crippen LogP contribution in [0.1, 0.15) is 67.7 Å². The van der Waals surface area contributed by atoms with Crippen molar-refractivity contribution >= 4 is 23.3 Å². The lowest BCUT2D eigenvalue weighted by Crippen LogP contribution is -2.38. The molecule has 0 fully saturated rings. The second kappa shape index (κ2) is 6.94. The Kier molecular flexibility index (Phi) is 5.19. The molecule has 23 heavy (non-hydrogen) atoms. The minimum Gasteiger partial charge on any atom is -0.382 e. The standard InChI is InChI=1S/C18H24N2O3/c1-5-13(21)10-9-12(4)20-17(22)14-7-6-8-15(19-11(2)3)16(14)18(20)23/h6-8,11-12,19H,5,9-10H2,1-4H3. The van der Waals surface area contributed by atoms with E-state index in [0.29, 0.717) is 36.1 Å². The summed E-state index contributed by atoms with van der Waals surface area (Å²) in [6.45, 7) is 7.60. The number of hydrogen-bond acceptors (Lipinski definition) is 4. The van der Waals surface area contributed by atoms with E-state index in [2.05, 4.69) is 5.32 Å². The third kappa shape index (κ3) is 3.44. The normalized spacial score (nSPS) is 15.1. The monoisotopic (exact) mass is 316 g/mol. The molecule has 2 rings (SSSR count). The van der Waals surface area contributed by atoms with Crippen LogP contribution >= 0.6 is 0 Å². The molecule has 0 aliphatic carbocycles. The first kappa shape index (κ1) is 17.2. The Morgan fingerprint density at radius 3 is 2.48 bits per heavy atom. The lowest BCUT2D eigenvalue weighted by molar-refractivity contribution is -0.119. The predicted octanol–water partition coefficient (Wildman–Crippen LogP) is 3.25. The molecule has 0 bridgehead atoms. The summed E-state index contributed by atoms with van der Waals surface area (Å²) in [7, 11) is 0. The molecule has 1 unspecified atom stereocenters. The van der Waals surface area contributed by atoms with Crippen molar-refractivity contribution in [2.24, 2.45) is 0 Å². The van der Waals surface area contributed by atoms with Gasteiger partial charge < -0.3 is 5.32 Å². The molecule has 5 nitrogen and oxygen atoms in total. The van der Waals surface area contributed by atoms with Gasteiger partial charge in [0.05, 0.1) is 11.1 Å². The number of fused-ring (bicyclic) bond motifs is 1. The molecule has 0 saturated heterocycles. The molecular formula is C18H24N2O3. The molecule has 0 aromatic heterocycles. The summed E-state index contributed by atoms with van der Waals surface area (Å²) in [4.78, 5) is 38.1. The smallest absolute Gasteiger partial charge is 0.263 e. The minimum atomic E-state index is -0.287. The van der Waals surface area contributed by atoms with Gasteiger partial charge in [-0.25, -0.2) is 0 Å². The number of carbonyl (C=O) groups is 3. The van der Waals surface area contributed by atoms with E-state index in [1.54, 1.807) is 12.1 Å².